The van der Waals surface area contributed by atoms with Crippen molar-refractivity contribution < 1.29 is 0 Å². The number of hydrogen-bond acceptors (Lipinski definition) is 1. The highest BCUT2D eigenvalue weighted by molar-refractivity contribution is 5.34. The van der Waals surface area contributed by atoms with E-state index in [2.05, 4.69) is 50.1 Å². The van der Waals surface area contributed by atoms with Crippen molar-refractivity contribution in [3.05, 3.63) is 35.4 Å². The van der Waals surface area contributed by atoms with Gasteiger partial charge in [0.05, 0.1) is 0 Å². The second kappa shape index (κ2) is 3.15. The molecule has 1 aliphatic heterocycles. The van der Waals surface area contributed by atoms with Crippen LogP contribution in [0.4, 0.5) is 0 Å². The Bertz CT molecular complexity index is 306. The highest BCUT2D eigenvalue weighted by Gasteiger charge is 2.24. The van der Waals surface area contributed by atoms with E-state index >= 15 is 0 Å². The highest BCUT2D eigenvalue weighted by Crippen LogP contribution is 2.33. The van der Waals surface area contributed by atoms with Gasteiger partial charge in [-0.1, -0.05) is 31.2 Å². The van der Waals surface area contributed by atoms with Crippen LogP contribution in [-0.4, -0.2) is 18.5 Å². The maximum absolute atomic E-state index is 2.42. The van der Waals surface area contributed by atoms with Crippen LogP contribution in [0.1, 0.15) is 36.9 Å². The summed E-state index contributed by atoms with van der Waals surface area (Å²) >= 11 is 0. The summed E-state index contributed by atoms with van der Waals surface area (Å²) in [6.45, 7) is 5.77. The van der Waals surface area contributed by atoms with Crippen LogP contribution in [0, 0.1) is 0 Å². The van der Waals surface area contributed by atoms with Crippen LogP contribution in [-0.2, 0) is 0 Å². The lowest BCUT2D eigenvalue weighted by Gasteiger charge is -2.35. The van der Waals surface area contributed by atoms with Crippen LogP contribution in [0.5, 0.6) is 0 Å². The molecule has 0 bridgehead atoms. The van der Waals surface area contributed by atoms with Gasteiger partial charge in [-0.15, -0.1) is 0 Å². The van der Waals surface area contributed by atoms with Gasteiger partial charge in [0.1, 0.15) is 0 Å². The quantitative estimate of drug-likeness (QED) is 0.586. The van der Waals surface area contributed by atoms with E-state index in [-0.39, 0.29) is 0 Å². The summed E-state index contributed by atoms with van der Waals surface area (Å²) in [5.74, 6) is 0.678. The lowest BCUT2D eigenvalue weighted by molar-refractivity contribution is 0.228. The average Bonchev–Trinajstić information content (AvgIpc) is 2.15. The predicted octanol–water partition coefficient (Wildman–Crippen LogP) is 2.80. The molecule has 13 heavy (non-hydrogen) atoms. The summed E-state index contributed by atoms with van der Waals surface area (Å²) in [7, 11) is 2.21. The maximum atomic E-state index is 2.42. The van der Waals surface area contributed by atoms with E-state index < -0.39 is 0 Å². The van der Waals surface area contributed by atoms with Crippen molar-refractivity contribution in [1.82, 2.24) is 4.90 Å². The molecule has 0 radical (unpaired) electrons. The minimum atomic E-state index is 0.576. The van der Waals surface area contributed by atoms with E-state index in [1.165, 1.54) is 17.7 Å². The SMILES string of the molecule is C[C@H]1CN(C)[C@@H](C)c2ccccc21. The first-order valence-electron chi connectivity index (χ1n) is 4.99. The van der Waals surface area contributed by atoms with Gasteiger partial charge in [-0.2, -0.15) is 0 Å². The van der Waals surface area contributed by atoms with Gasteiger partial charge >= 0.3 is 0 Å². The second-order valence-corrected chi connectivity index (χ2v) is 4.15. The zero-order valence-electron chi connectivity index (χ0n) is 8.62. The molecule has 0 saturated carbocycles. The van der Waals surface area contributed by atoms with E-state index in [0.717, 1.165) is 0 Å². The zero-order valence-corrected chi connectivity index (χ0v) is 8.62. The van der Waals surface area contributed by atoms with E-state index in [1.807, 2.05) is 0 Å². The fourth-order valence-electron chi connectivity index (χ4n) is 2.27. The predicted molar refractivity (Wildman–Crippen MR) is 55.9 cm³/mol. The molecule has 0 saturated heterocycles. The van der Waals surface area contributed by atoms with E-state index in [4.69, 9.17) is 0 Å². The molecule has 1 nitrogen and oxygen atoms in total. The summed E-state index contributed by atoms with van der Waals surface area (Å²) in [6, 6.07) is 9.39. The maximum Gasteiger partial charge on any atom is 0.0319 e. The third kappa shape index (κ3) is 1.37. The van der Waals surface area contributed by atoms with Crippen LogP contribution >= 0.6 is 0 Å². The Hall–Kier alpha value is -0.820. The molecule has 0 spiro atoms. The van der Waals surface area contributed by atoms with Crippen molar-refractivity contribution in [3.8, 4) is 0 Å². The molecule has 0 aliphatic carbocycles. The summed E-state index contributed by atoms with van der Waals surface area (Å²) in [5.41, 5.74) is 3.04. The largest absolute Gasteiger partial charge is 0.299 e. The molecule has 0 aromatic heterocycles. The first-order valence-corrected chi connectivity index (χ1v) is 4.99. The monoisotopic (exact) mass is 175 g/mol. The lowest BCUT2D eigenvalue weighted by atomic mass is 9.87. The molecule has 2 rings (SSSR count). The van der Waals surface area contributed by atoms with Gasteiger partial charge in [-0.3, -0.25) is 4.90 Å². The number of likely N-dealkylation sites (N-methyl/N-ethyl adjacent to an activating group) is 1. The van der Waals surface area contributed by atoms with Crippen LogP contribution < -0.4 is 0 Å². The van der Waals surface area contributed by atoms with Crippen LogP contribution in [0.3, 0.4) is 0 Å². The fourth-order valence-corrected chi connectivity index (χ4v) is 2.27. The molecule has 1 aromatic carbocycles. The summed E-state index contributed by atoms with van der Waals surface area (Å²) < 4.78 is 0. The molecular weight excluding hydrogens is 158 g/mol. The summed E-state index contributed by atoms with van der Waals surface area (Å²) in [4.78, 5) is 2.42. The standard InChI is InChI=1S/C12H17N/c1-9-8-13(3)10(2)12-7-5-4-6-11(9)12/h4-7,9-10H,8H2,1-3H3/t9-,10-/m0/s1. The molecule has 1 heterocycles. The first-order chi connectivity index (χ1) is 6.20. The number of fused-ring (bicyclic) bond motifs is 1. The Morgan fingerprint density at radius 2 is 1.77 bits per heavy atom. The summed E-state index contributed by atoms with van der Waals surface area (Å²) in [5, 5.41) is 0. The van der Waals surface area contributed by atoms with Gasteiger partial charge in [0.2, 0.25) is 0 Å². The van der Waals surface area contributed by atoms with Crippen LogP contribution in [0.15, 0.2) is 24.3 Å². The average molecular weight is 175 g/mol. The number of nitrogens with zero attached hydrogens (tertiary/aromatic N) is 1. The molecule has 1 heteroatoms. The van der Waals surface area contributed by atoms with Gasteiger partial charge in [-0.05, 0) is 31.0 Å². The zero-order chi connectivity index (χ0) is 9.42. The second-order valence-electron chi connectivity index (χ2n) is 4.15. The first kappa shape index (κ1) is 8.76. The Kier molecular flexibility index (Phi) is 2.12. The van der Waals surface area contributed by atoms with Crippen molar-refractivity contribution in [2.75, 3.05) is 13.6 Å². The number of hydrogen-bond donors (Lipinski definition) is 0. The topological polar surface area (TPSA) is 3.24 Å². The third-order valence-corrected chi connectivity index (χ3v) is 3.20. The summed E-state index contributed by atoms with van der Waals surface area (Å²) in [6.07, 6.45) is 0. The molecule has 1 aliphatic rings. The van der Waals surface area contributed by atoms with E-state index in [1.54, 1.807) is 0 Å². The number of rotatable bonds is 0. The Labute approximate surface area is 80.4 Å². The van der Waals surface area contributed by atoms with Crippen molar-refractivity contribution in [3.63, 3.8) is 0 Å². The van der Waals surface area contributed by atoms with Gasteiger partial charge < -0.3 is 0 Å². The number of benzene rings is 1. The molecule has 70 valence electrons. The fraction of sp³-hybridized carbons (Fsp3) is 0.500. The minimum absolute atomic E-state index is 0.576. The minimum Gasteiger partial charge on any atom is -0.299 e. The Balaban J connectivity index is 2.47. The van der Waals surface area contributed by atoms with Crippen molar-refractivity contribution >= 4 is 0 Å². The van der Waals surface area contributed by atoms with Crippen LogP contribution in [0.25, 0.3) is 0 Å². The molecule has 0 fully saturated rings. The smallest absolute Gasteiger partial charge is 0.0319 e. The molecular formula is C12H17N. The lowest BCUT2D eigenvalue weighted by Crippen LogP contribution is -2.32. The van der Waals surface area contributed by atoms with Gasteiger partial charge in [0.15, 0.2) is 0 Å². The van der Waals surface area contributed by atoms with Gasteiger partial charge in [-0.25, -0.2) is 0 Å². The molecule has 0 unspecified atom stereocenters. The molecule has 1 aromatic rings. The van der Waals surface area contributed by atoms with Gasteiger partial charge in [0, 0.05) is 12.6 Å². The molecule has 2 atom stereocenters. The van der Waals surface area contributed by atoms with E-state index in [0.29, 0.717) is 12.0 Å². The van der Waals surface area contributed by atoms with Crippen molar-refractivity contribution in [2.24, 2.45) is 0 Å². The molecule has 0 N–H and O–H groups in total. The van der Waals surface area contributed by atoms with Crippen LogP contribution in [0.2, 0.25) is 0 Å². The van der Waals surface area contributed by atoms with Crippen molar-refractivity contribution in [2.45, 2.75) is 25.8 Å². The Morgan fingerprint density at radius 1 is 1.15 bits per heavy atom. The highest BCUT2D eigenvalue weighted by atomic mass is 15.1. The Morgan fingerprint density at radius 3 is 2.46 bits per heavy atom. The normalized spacial score (nSPS) is 28.5. The van der Waals surface area contributed by atoms with Crippen molar-refractivity contribution in [1.29, 1.82) is 0 Å². The van der Waals surface area contributed by atoms with E-state index in [9.17, 15) is 0 Å². The third-order valence-electron chi connectivity index (χ3n) is 3.20. The molecule has 0 amide bonds. The van der Waals surface area contributed by atoms with Gasteiger partial charge in [0.25, 0.3) is 0 Å².